The van der Waals surface area contributed by atoms with E-state index in [0.29, 0.717) is 34.4 Å². The lowest BCUT2D eigenvalue weighted by Gasteiger charge is -2.26. The van der Waals surface area contributed by atoms with E-state index in [2.05, 4.69) is 27.9 Å². The van der Waals surface area contributed by atoms with Crippen LogP contribution in [-0.4, -0.2) is 24.5 Å². The van der Waals surface area contributed by atoms with Crippen LogP contribution in [0.2, 0.25) is 10.0 Å². The number of benzene rings is 3. The van der Waals surface area contributed by atoms with Gasteiger partial charge in [-0.25, -0.2) is 9.69 Å². The molecule has 3 aromatic rings. The fourth-order valence-electron chi connectivity index (χ4n) is 3.78. The maximum Gasteiger partial charge on any atom is 0.335 e. The first-order chi connectivity index (χ1) is 17.2. The van der Waals surface area contributed by atoms with Crippen LogP contribution in [0.25, 0.3) is 6.08 Å². The van der Waals surface area contributed by atoms with E-state index in [1.165, 1.54) is 12.1 Å². The molecule has 4 amide bonds. The predicted octanol–water partition coefficient (Wildman–Crippen LogP) is 6.56. The Hall–Kier alpha value is -2.88. The molecule has 1 saturated heterocycles. The monoisotopic (exact) mass is 634 g/mol. The zero-order valence-electron chi connectivity index (χ0n) is 19.4. The van der Waals surface area contributed by atoms with E-state index in [1.54, 1.807) is 18.2 Å². The second-order valence-electron chi connectivity index (χ2n) is 8.07. The van der Waals surface area contributed by atoms with Crippen molar-refractivity contribution in [3.05, 3.63) is 96.0 Å². The molecule has 1 aliphatic heterocycles. The number of carbonyl (C=O) groups is 3. The number of nitrogens with zero attached hydrogens (tertiary/aromatic N) is 1. The first-order valence-corrected chi connectivity index (χ1v) is 12.9. The third kappa shape index (κ3) is 5.43. The van der Waals surface area contributed by atoms with Gasteiger partial charge in [0, 0.05) is 25.6 Å². The molecule has 9 heteroatoms. The Bertz CT molecular complexity index is 1420. The summed E-state index contributed by atoms with van der Waals surface area (Å²) in [7, 11) is 0. The van der Waals surface area contributed by atoms with Gasteiger partial charge in [-0.1, -0.05) is 47.5 Å². The van der Waals surface area contributed by atoms with Gasteiger partial charge in [-0.2, -0.15) is 0 Å². The van der Waals surface area contributed by atoms with Gasteiger partial charge in [-0.15, -0.1) is 0 Å². The molecule has 3 aromatic carbocycles. The van der Waals surface area contributed by atoms with Gasteiger partial charge in [0.2, 0.25) is 0 Å². The number of imide groups is 2. The number of urea groups is 1. The van der Waals surface area contributed by atoms with Gasteiger partial charge >= 0.3 is 6.03 Å². The molecule has 0 atom stereocenters. The molecule has 184 valence electrons. The summed E-state index contributed by atoms with van der Waals surface area (Å²) in [5, 5.41) is 3.30. The van der Waals surface area contributed by atoms with E-state index in [4.69, 9.17) is 27.9 Å². The molecule has 0 saturated carbocycles. The molecule has 1 aliphatic rings. The molecule has 6 nitrogen and oxygen atoms in total. The molecule has 1 fully saturated rings. The summed E-state index contributed by atoms with van der Waals surface area (Å²) in [6.07, 6.45) is 2.01. The number of ether oxygens (including phenoxy) is 1. The lowest BCUT2D eigenvalue weighted by molar-refractivity contribution is -0.122. The fourth-order valence-corrected chi connectivity index (χ4v) is 4.98. The highest BCUT2D eigenvalue weighted by molar-refractivity contribution is 14.1. The number of amides is 4. The minimum atomic E-state index is -0.832. The molecular formula is C27H21Cl2IN2O4. The van der Waals surface area contributed by atoms with Crippen LogP contribution in [0.3, 0.4) is 0 Å². The third-order valence-corrected chi connectivity index (χ3v) is 7.37. The average molecular weight is 635 g/mol. The Balaban J connectivity index is 1.73. The lowest BCUT2D eigenvalue weighted by Crippen LogP contribution is -2.54. The number of rotatable bonds is 6. The topological polar surface area (TPSA) is 75.7 Å². The molecular weight excluding hydrogens is 614 g/mol. The lowest BCUT2D eigenvalue weighted by atomic mass is 10.0. The van der Waals surface area contributed by atoms with E-state index in [1.807, 2.05) is 44.2 Å². The van der Waals surface area contributed by atoms with Crippen molar-refractivity contribution >= 4 is 75.4 Å². The summed E-state index contributed by atoms with van der Waals surface area (Å²) < 4.78 is 6.79. The highest BCUT2D eigenvalue weighted by Gasteiger charge is 2.37. The van der Waals surface area contributed by atoms with Crippen molar-refractivity contribution in [2.45, 2.75) is 20.3 Å². The van der Waals surface area contributed by atoms with Crippen LogP contribution in [-0.2, 0) is 16.0 Å². The van der Waals surface area contributed by atoms with Crippen molar-refractivity contribution in [1.29, 1.82) is 0 Å². The van der Waals surface area contributed by atoms with Crippen LogP contribution in [0.5, 0.6) is 5.75 Å². The van der Waals surface area contributed by atoms with E-state index in [9.17, 15) is 14.4 Å². The van der Waals surface area contributed by atoms with Crippen molar-refractivity contribution in [2.24, 2.45) is 0 Å². The number of hydrogen-bond donors (Lipinski definition) is 1. The zero-order chi connectivity index (χ0) is 26.0. The number of aryl methyl sites for hydroxylation is 1. The van der Waals surface area contributed by atoms with Crippen LogP contribution in [0.4, 0.5) is 10.5 Å². The Labute approximate surface area is 232 Å². The van der Waals surface area contributed by atoms with Crippen LogP contribution in [0.1, 0.15) is 29.2 Å². The zero-order valence-corrected chi connectivity index (χ0v) is 23.1. The second kappa shape index (κ2) is 11.0. The third-order valence-electron chi connectivity index (χ3n) is 5.63. The minimum absolute atomic E-state index is 0.177. The van der Waals surface area contributed by atoms with E-state index in [0.717, 1.165) is 25.2 Å². The maximum atomic E-state index is 13.3. The second-order valence-corrected chi connectivity index (χ2v) is 10.0. The highest BCUT2D eigenvalue weighted by Crippen LogP contribution is 2.32. The van der Waals surface area contributed by atoms with Gasteiger partial charge in [0.25, 0.3) is 11.8 Å². The standard InChI is InChI=1S/C27H21Cl2IN2O4/c1-3-36-24-12-16(11-23(30)19(24)13-17-6-4-5-7-21(17)28)10-20-25(33)31-27(35)32(26(20)34)18-9-8-15(2)22(29)14-18/h4-12,14H,3,13H2,1-2H3,(H,31,33,35)/b20-10+. The van der Waals surface area contributed by atoms with Gasteiger partial charge in [0.1, 0.15) is 11.3 Å². The summed E-state index contributed by atoms with van der Waals surface area (Å²) in [5.74, 6) is -0.887. The van der Waals surface area contributed by atoms with Crippen molar-refractivity contribution in [3.63, 3.8) is 0 Å². The predicted molar refractivity (Wildman–Crippen MR) is 150 cm³/mol. The first-order valence-electron chi connectivity index (χ1n) is 11.1. The summed E-state index contributed by atoms with van der Waals surface area (Å²) in [6, 6.07) is 15.2. The van der Waals surface area contributed by atoms with E-state index >= 15 is 0 Å². The average Bonchev–Trinajstić information content (AvgIpc) is 2.82. The smallest absolute Gasteiger partial charge is 0.335 e. The quantitative estimate of drug-likeness (QED) is 0.189. The Morgan fingerprint density at radius 3 is 2.47 bits per heavy atom. The molecule has 0 aliphatic carbocycles. The minimum Gasteiger partial charge on any atom is -0.494 e. The van der Waals surface area contributed by atoms with E-state index < -0.39 is 17.8 Å². The molecule has 1 heterocycles. The molecule has 0 bridgehead atoms. The van der Waals surface area contributed by atoms with Crippen molar-refractivity contribution < 1.29 is 19.1 Å². The van der Waals surface area contributed by atoms with Crippen LogP contribution in [0, 0.1) is 10.5 Å². The number of barbiturate groups is 1. The highest BCUT2D eigenvalue weighted by atomic mass is 127. The SMILES string of the molecule is CCOc1cc(/C=C2\C(=O)NC(=O)N(c3ccc(C)c(Cl)c3)C2=O)cc(I)c1Cc1ccccc1Cl. The van der Waals surface area contributed by atoms with E-state index in [-0.39, 0.29) is 11.3 Å². The summed E-state index contributed by atoms with van der Waals surface area (Å²) in [6.45, 7) is 4.12. The first kappa shape index (κ1) is 26.2. The van der Waals surface area contributed by atoms with Crippen molar-refractivity contribution in [2.75, 3.05) is 11.5 Å². The molecule has 4 rings (SSSR count). The Morgan fingerprint density at radius 2 is 1.78 bits per heavy atom. The number of hydrogen-bond acceptors (Lipinski definition) is 4. The molecule has 0 spiro atoms. The largest absolute Gasteiger partial charge is 0.494 e. The molecule has 0 aromatic heterocycles. The molecule has 1 N–H and O–H groups in total. The molecule has 36 heavy (non-hydrogen) atoms. The normalized spacial score (nSPS) is 14.9. The molecule has 0 radical (unpaired) electrons. The van der Waals surface area contributed by atoms with Gasteiger partial charge in [0.15, 0.2) is 0 Å². The number of anilines is 1. The number of nitrogens with one attached hydrogen (secondary N) is 1. The Kier molecular flexibility index (Phi) is 8.02. The van der Waals surface area contributed by atoms with Gasteiger partial charge < -0.3 is 4.74 Å². The number of halogens is 3. The van der Waals surface area contributed by atoms with Crippen molar-refractivity contribution in [3.8, 4) is 5.75 Å². The van der Waals surface area contributed by atoms with Crippen LogP contribution >= 0.6 is 45.8 Å². The number of carbonyl (C=O) groups excluding carboxylic acids is 3. The van der Waals surface area contributed by atoms with Gasteiger partial charge in [0.05, 0.1) is 12.3 Å². The van der Waals surface area contributed by atoms with Gasteiger partial charge in [-0.3, -0.25) is 14.9 Å². The summed E-state index contributed by atoms with van der Waals surface area (Å²) in [4.78, 5) is 39.3. The fraction of sp³-hybridized carbons (Fsp3) is 0.148. The molecule has 0 unspecified atom stereocenters. The summed E-state index contributed by atoms with van der Waals surface area (Å²) >= 11 is 14.8. The summed E-state index contributed by atoms with van der Waals surface area (Å²) in [5.41, 5.74) is 3.37. The Morgan fingerprint density at radius 1 is 1.03 bits per heavy atom. The van der Waals surface area contributed by atoms with Crippen molar-refractivity contribution in [1.82, 2.24) is 5.32 Å². The van der Waals surface area contributed by atoms with Crippen LogP contribution < -0.4 is 15.0 Å². The maximum absolute atomic E-state index is 13.3. The van der Waals surface area contributed by atoms with Crippen LogP contribution in [0.15, 0.2) is 60.2 Å². The van der Waals surface area contributed by atoms with Gasteiger partial charge in [-0.05, 0) is 89.5 Å².